The lowest BCUT2D eigenvalue weighted by molar-refractivity contribution is 0.468. The fourth-order valence-electron chi connectivity index (χ4n) is 1.54. The molecule has 0 bridgehead atoms. The molecule has 3 N–H and O–H groups in total. The molecule has 0 radical (unpaired) electrons. The van der Waals surface area contributed by atoms with Gasteiger partial charge in [0.2, 0.25) is 0 Å². The van der Waals surface area contributed by atoms with Gasteiger partial charge in [0.05, 0.1) is 0 Å². The van der Waals surface area contributed by atoms with Gasteiger partial charge in [0.1, 0.15) is 5.75 Å². The lowest BCUT2D eigenvalue weighted by Crippen LogP contribution is -2.34. The van der Waals surface area contributed by atoms with E-state index in [9.17, 15) is 5.11 Å². The van der Waals surface area contributed by atoms with Crippen LogP contribution in [0.25, 0.3) is 0 Å². The molecule has 0 fully saturated rings. The maximum atomic E-state index is 9.49. The van der Waals surface area contributed by atoms with E-state index in [2.05, 4.69) is 0 Å². The van der Waals surface area contributed by atoms with Gasteiger partial charge in [-0.05, 0) is 56.9 Å². The minimum Gasteiger partial charge on any atom is -0.508 e. The van der Waals surface area contributed by atoms with E-state index < -0.39 is 0 Å². The van der Waals surface area contributed by atoms with Crippen molar-refractivity contribution in [1.82, 2.24) is 0 Å². The average molecular weight is 193 g/mol. The third kappa shape index (κ3) is 2.48. The highest BCUT2D eigenvalue weighted by molar-refractivity contribution is 5.43. The van der Waals surface area contributed by atoms with Crippen LogP contribution in [-0.4, -0.2) is 10.6 Å². The topological polar surface area (TPSA) is 46.2 Å². The number of hydrogen-bond donors (Lipinski definition) is 2. The summed E-state index contributed by atoms with van der Waals surface area (Å²) >= 11 is 0. The summed E-state index contributed by atoms with van der Waals surface area (Å²) in [5.41, 5.74) is 9.07. The normalized spacial score (nSPS) is 11.8. The minimum atomic E-state index is -0.200. The molecule has 14 heavy (non-hydrogen) atoms. The molecule has 2 heteroatoms. The van der Waals surface area contributed by atoms with Gasteiger partial charge in [-0.3, -0.25) is 0 Å². The summed E-state index contributed by atoms with van der Waals surface area (Å²) in [6.07, 6.45) is 0.833. The van der Waals surface area contributed by atoms with Crippen LogP contribution >= 0.6 is 0 Å². The van der Waals surface area contributed by atoms with Gasteiger partial charge in [-0.1, -0.05) is 6.07 Å². The SMILES string of the molecule is Cc1c(O)ccc(CC(C)(C)N)c1C. The molecule has 0 spiro atoms. The second-order valence-electron chi connectivity index (χ2n) is 4.66. The Morgan fingerprint density at radius 3 is 2.29 bits per heavy atom. The van der Waals surface area contributed by atoms with E-state index in [0.717, 1.165) is 17.5 Å². The van der Waals surface area contributed by atoms with Crippen LogP contribution in [-0.2, 0) is 6.42 Å². The van der Waals surface area contributed by atoms with E-state index in [1.54, 1.807) is 6.07 Å². The van der Waals surface area contributed by atoms with Gasteiger partial charge < -0.3 is 10.8 Å². The average Bonchev–Trinajstić information content (AvgIpc) is 2.04. The van der Waals surface area contributed by atoms with Crippen molar-refractivity contribution < 1.29 is 5.11 Å². The summed E-state index contributed by atoms with van der Waals surface area (Å²) in [6, 6.07) is 3.69. The molecule has 1 rings (SSSR count). The molecule has 0 aliphatic rings. The number of hydrogen-bond acceptors (Lipinski definition) is 2. The van der Waals surface area contributed by atoms with Crippen LogP contribution in [0.3, 0.4) is 0 Å². The highest BCUT2D eigenvalue weighted by atomic mass is 16.3. The van der Waals surface area contributed by atoms with Crippen molar-refractivity contribution in [3.63, 3.8) is 0 Å². The van der Waals surface area contributed by atoms with E-state index in [4.69, 9.17) is 5.73 Å². The molecule has 0 unspecified atom stereocenters. The second-order valence-corrected chi connectivity index (χ2v) is 4.66. The number of phenolic OH excluding ortho intramolecular Hbond substituents is 1. The summed E-state index contributed by atoms with van der Waals surface area (Å²) in [7, 11) is 0. The van der Waals surface area contributed by atoms with Crippen LogP contribution in [0.2, 0.25) is 0 Å². The van der Waals surface area contributed by atoms with E-state index in [1.165, 1.54) is 5.56 Å². The third-order valence-electron chi connectivity index (χ3n) is 2.52. The van der Waals surface area contributed by atoms with Crippen LogP contribution in [0.4, 0.5) is 0 Å². The van der Waals surface area contributed by atoms with Crippen LogP contribution < -0.4 is 5.73 Å². The first-order valence-electron chi connectivity index (χ1n) is 4.88. The van der Waals surface area contributed by atoms with Gasteiger partial charge in [0.15, 0.2) is 0 Å². The lowest BCUT2D eigenvalue weighted by atomic mass is 9.91. The van der Waals surface area contributed by atoms with Gasteiger partial charge in [0, 0.05) is 5.54 Å². The third-order valence-corrected chi connectivity index (χ3v) is 2.52. The minimum absolute atomic E-state index is 0.200. The quantitative estimate of drug-likeness (QED) is 0.757. The van der Waals surface area contributed by atoms with Gasteiger partial charge in [-0.25, -0.2) is 0 Å². The first-order valence-corrected chi connectivity index (χ1v) is 4.88. The Balaban J connectivity index is 3.06. The summed E-state index contributed by atoms with van der Waals surface area (Å²) in [6.45, 7) is 7.97. The Kier molecular flexibility index (Phi) is 2.86. The molecule has 0 saturated carbocycles. The Morgan fingerprint density at radius 1 is 1.21 bits per heavy atom. The van der Waals surface area contributed by atoms with Crippen LogP contribution in [0.1, 0.15) is 30.5 Å². The zero-order chi connectivity index (χ0) is 10.9. The van der Waals surface area contributed by atoms with E-state index in [0.29, 0.717) is 5.75 Å². The molecule has 0 atom stereocenters. The fraction of sp³-hybridized carbons (Fsp3) is 0.500. The fourth-order valence-corrected chi connectivity index (χ4v) is 1.54. The molecular weight excluding hydrogens is 174 g/mol. The summed E-state index contributed by atoms with van der Waals surface area (Å²) in [5, 5.41) is 9.49. The van der Waals surface area contributed by atoms with Crippen LogP contribution in [0, 0.1) is 13.8 Å². The molecule has 1 aromatic carbocycles. The van der Waals surface area contributed by atoms with Crippen LogP contribution in [0.5, 0.6) is 5.75 Å². The molecule has 0 aliphatic carbocycles. The van der Waals surface area contributed by atoms with E-state index in [-0.39, 0.29) is 5.54 Å². The van der Waals surface area contributed by atoms with Crippen molar-refractivity contribution in [2.45, 2.75) is 39.7 Å². The maximum absolute atomic E-state index is 9.49. The number of benzene rings is 1. The lowest BCUT2D eigenvalue weighted by Gasteiger charge is -2.20. The monoisotopic (exact) mass is 193 g/mol. The molecule has 2 nitrogen and oxygen atoms in total. The zero-order valence-corrected chi connectivity index (χ0v) is 9.39. The molecule has 78 valence electrons. The number of nitrogens with two attached hydrogens (primary N) is 1. The first-order chi connectivity index (χ1) is 6.31. The van der Waals surface area contributed by atoms with Gasteiger partial charge in [-0.15, -0.1) is 0 Å². The van der Waals surface area contributed by atoms with Crippen molar-refractivity contribution in [1.29, 1.82) is 0 Å². The number of aromatic hydroxyl groups is 1. The molecule has 0 saturated heterocycles. The Morgan fingerprint density at radius 2 is 1.79 bits per heavy atom. The zero-order valence-electron chi connectivity index (χ0n) is 9.39. The van der Waals surface area contributed by atoms with E-state index in [1.807, 2.05) is 33.8 Å². The maximum Gasteiger partial charge on any atom is 0.118 e. The summed E-state index contributed by atoms with van der Waals surface area (Å²) < 4.78 is 0. The molecule has 0 aliphatic heterocycles. The van der Waals surface area contributed by atoms with Crippen molar-refractivity contribution >= 4 is 0 Å². The predicted octanol–water partition coefficient (Wildman–Crippen LogP) is 2.29. The van der Waals surface area contributed by atoms with Crippen molar-refractivity contribution in [3.8, 4) is 5.75 Å². The predicted molar refractivity (Wildman–Crippen MR) is 59.6 cm³/mol. The molecular formula is C12H19NO. The molecule has 0 heterocycles. The number of phenols is 1. The van der Waals surface area contributed by atoms with Crippen molar-refractivity contribution in [2.24, 2.45) is 5.73 Å². The summed E-state index contributed by atoms with van der Waals surface area (Å²) in [4.78, 5) is 0. The summed E-state index contributed by atoms with van der Waals surface area (Å²) in [5.74, 6) is 0.362. The van der Waals surface area contributed by atoms with Gasteiger partial charge in [0.25, 0.3) is 0 Å². The largest absolute Gasteiger partial charge is 0.508 e. The smallest absolute Gasteiger partial charge is 0.118 e. The standard InChI is InChI=1S/C12H19NO/c1-8-9(2)11(14)6-5-10(8)7-12(3,4)13/h5-6,14H,7,13H2,1-4H3. The molecule has 0 aromatic heterocycles. The first kappa shape index (κ1) is 11.1. The molecule has 0 amide bonds. The van der Waals surface area contributed by atoms with Crippen molar-refractivity contribution in [3.05, 3.63) is 28.8 Å². The Hall–Kier alpha value is -1.02. The highest BCUT2D eigenvalue weighted by Crippen LogP contribution is 2.24. The van der Waals surface area contributed by atoms with Crippen LogP contribution in [0.15, 0.2) is 12.1 Å². The highest BCUT2D eigenvalue weighted by Gasteiger charge is 2.14. The second kappa shape index (κ2) is 3.62. The molecule has 1 aromatic rings. The van der Waals surface area contributed by atoms with Gasteiger partial charge in [-0.2, -0.15) is 0 Å². The van der Waals surface area contributed by atoms with E-state index >= 15 is 0 Å². The Bertz CT molecular complexity index is 337. The Labute approximate surface area is 85.8 Å². The van der Waals surface area contributed by atoms with Crippen molar-refractivity contribution in [2.75, 3.05) is 0 Å². The number of rotatable bonds is 2. The van der Waals surface area contributed by atoms with Gasteiger partial charge >= 0.3 is 0 Å².